The lowest BCUT2D eigenvalue weighted by atomic mass is 9.47. The second-order valence-corrected chi connectivity index (χ2v) is 25.0. The molecule has 0 aliphatic heterocycles. The number of esters is 1. The number of fused-ring (bicyclic) bond motifs is 5. The van der Waals surface area contributed by atoms with Crippen molar-refractivity contribution in [2.75, 3.05) is 47.5 Å². The van der Waals surface area contributed by atoms with E-state index >= 15 is 0 Å². The average molecular weight is 908 g/mol. The number of rotatable bonds is 21. The van der Waals surface area contributed by atoms with Gasteiger partial charge in [-0.25, -0.2) is 4.79 Å². The Labute approximate surface area is 390 Å². The van der Waals surface area contributed by atoms with E-state index < -0.39 is 19.9 Å². The van der Waals surface area contributed by atoms with Gasteiger partial charge in [0.25, 0.3) is 7.82 Å². The van der Waals surface area contributed by atoms with Crippen molar-refractivity contribution in [3.05, 3.63) is 70.4 Å². The predicted octanol–water partition coefficient (Wildman–Crippen LogP) is 13.1. The molecule has 0 N–H and O–H groups in total. The molecule has 362 valence electrons. The van der Waals surface area contributed by atoms with E-state index in [1.54, 1.807) is 0 Å². The van der Waals surface area contributed by atoms with Crippen molar-refractivity contribution in [1.82, 2.24) is 0 Å². The largest absolute Gasteiger partial charge is 0.756 e. The first kappa shape index (κ1) is 52.9. The smallest absolute Gasteiger partial charge is 0.331 e. The maximum atomic E-state index is 13.3. The third-order valence-corrected chi connectivity index (χ3v) is 17.6. The Kier molecular flexibility index (Phi) is 18.5. The first-order chi connectivity index (χ1) is 29.9. The zero-order valence-electron chi connectivity index (χ0n) is 42.6. The Bertz CT molecular complexity index is 1830. The van der Waals surface area contributed by atoms with Crippen molar-refractivity contribution >= 4 is 13.8 Å². The van der Waals surface area contributed by atoms with Crippen LogP contribution in [0.1, 0.15) is 159 Å². The zero-order chi connectivity index (χ0) is 47.1. The number of quaternary nitrogens is 1. The highest BCUT2D eigenvalue weighted by atomic mass is 31.2. The Morgan fingerprint density at radius 1 is 0.938 bits per heavy atom. The van der Waals surface area contributed by atoms with Gasteiger partial charge in [0, 0.05) is 6.08 Å². The van der Waals surface area contributed by atoms with Crippen LogP contribution in [0.15, 0.2) is 70.4 Å². The van der Waals surface area contributed by atoms with Crippen LogP contribution in [0.5, 0.6) is 0 Å². The second-order valence-electron chi connectivity index (χ2n) is 23.6. The van der Waals surface area contributed by atoms with Gasteiger partial charge in [-0.3, -0.25) is 4.57 Å². The number of phosphoric ester groups is 1. The molecule has 64 heavy (non-hydrogen) atoms. The van der Waals surface area contributed by atoms with Gasteiger partial charge in [0.1, 0.15) is 19.3 Å². The molecule has 8 nitrogen and oxygen atoms in total. The molecule has 5 rings (SSSR count). The third-order valence-electron chi connectivity index (χ3n) is 16.6. The van der Waals surface area contributed by atoms with Crippen molar-refractivity contribution in [3.63, 3.8) is 0 Å². The summed E-state index contributed by atoms with van der Waals surface area (Å²) in [6.45, 7) is 23.4. The molecule has 0 radical (unpaired) electrons. The molecular formula is C55H90NO7P. The molecule has 0 aromatic heterocycles. The van der Waals surface area contributed by atoms with E-state index in [2.05, 4.69) is 80.5 Å². The molecule has 3 fully saturated rings. The summed E-state index contributed by atoms with van der Waals surface area (Å²) >= 11 is 0. The fourth-order valence-electron chi connectivity index (χ4n) is 12.9. The minimum Gasteiger partial charge on any atom is -0.756 e. The maximum Gasteiger partial charge on any atom is 0.331 e. The Hall–Kier alpha value is -2.06. The van der Waals surface area contributed by atoms with E-state index in [9.17, 15) is 14.3 Å². The summed E-state index contributed by atoms with van der Waals surface area (Å²) in [4.78, 5) is 26.1. The third kappa shape index (κ3) is 14.2. The quantitative estimate of drug-likeness (QED) is 0.0283. The van der Waals surface area contributed by atoms with E-state index in [4.69, 9.17) is 18.5 Å². The van der Waals surface area contributed by atoms with Gasteiger partial charge < -0.3 is 27.9 Å². The summed E-state index contributed by atoms with van der Waals surface area (Å²) in [7, 11) is 1.25. The first-order valence-electron chi connectivity index (χ1n) is 25.3. The van der Waals surface area contributed by atoms with Gasteiger partial charge in [0.2, 0.25) is 0 Å². The SMILES string of the molecule is CC1=C(/C=C/C(C)=C/C=C/C(C)=C\C(=O)OC(CO[C@H]2CC[C@@]3(C)C(=CC[C@H]4[C@@H]5CC[C@H]([C@H](C)CCCC(C)C)[C@@]5(C)CC[C@@H]43)C2)COP(=O)([O-])OCC[N+](C)(C)C)C(C)(C)CCC1. The summed E-state index contributed by atoms with van der Waals surface area (Å²) in [6, 6.07) is 0. The number of likely N-dealkylation sites (N-methyl/N-ethyl adjacent to an activating group) is 1. The van der Waals surface area contributed by atoms with Crippen LogP contribution in [0.3, 0.4) is 0 Å². The number of phosphoric acid groups is 1. The summed E-state index contributed by atoms with van der Waals surface area (Å²) in [5, 5.41) is 0. The van der Waals surface area contributed by atoms with Crippen LogP contribution in [-0.2, 0) is 27.9 Å². The summed E-state index contributed by atoms with van der Waals surface area (Å²) in [5.74, 6) is 4.15. The highest BCUT2D eigenvalue weighted by Gasteiger charge is 2.59. The summed E-state index contributed by atoms with van der Waals surface area (Å²) < 4.78 is 36.3. The lowest BCUT2D eigenvalue weighted by Crippen LogP contribution is -2.51. The van der Waals surface area contributed by atoms with Crippen molar-refractivity contribution in [2.45, 2.75) is 171 Å². The van der Waals surface area contributed by atoms with Crippen LogP contribution in [0.25, 0.3) is 0 Å². The van der Waals surface area contributed by atoms with Crippen LogP contribution < -0.4 is 4.89 Å². The van der Waals surface area contributed by atoms with Gasteiger partial charge >= 0.3 is 5.97 Å². The van der Waals surface area contributed by atoms with Gasteiger partial charge in [0.05, 0.1) is 40.5 Å². The monoisotopic (exact) mass is 908 g/mol. The number of hydrogen-bond acceptors (Lipinski definition) is 7. The van der Waals surface area contributed by atoms with Crippen molar-refractivity contribution in [2.24, 2.45) is 51.8 Å². The topological polar surface area (TPSA) is 94.1 Å². The van der Waals surface area contributed by atoms with Gasteiger partial charge in [0.15, 0.2) is 0 Å². The molecular weight excluding hydrogens is 818 g/mol. The molecule has 5 aliphatic carbocycles. The average Bonchev–Trinajstić information content (AvgIpc) is 3.55. The van der Waals surface area contributed by atoms with Gasteiger partial charge in [-0.05, 0) is 154 Å². The molecule has 10 atom stereocenters. The van der Waals surface area contributed by atoms with Crippen LogP contribution in [0.4, 0.5) is 0 Å². The standard InChI is InChI=1S/C55H90NO7P/c1-39(2)17-14-20-43(6)49-26-27-50-47-24-23-44-36-45(28-31-54(44,9)51(47)29-32-55(49,50)10)60-37-46(38-62-64(58,59)61-34-33-56(11,12)13)63-52(57)35-41(4)19-15-18-40(3)22-25-48-42(5)21-16-30-53(48,7)8/h15,18-19,22-23,25,35,39,43,45-47,49-51H,14,16-17,20-21,24,26-34,36-38H2,1-13H3/b19-15+,25-22+,40-18+,41-35-/t43-,45+,46?,47+,49-,50+,51+,54+,55-/m1/s1. The molecule has 0 amide bonds. The minimum absolute atomic E-state index is 0.00532. The van der Waals surface area contributed by atoms with E-state index in [0.29, 0.717) is 27.9 Å². The lowest BCUT2D eigenvalue weighted by molar-refractivity contribution is -0.870. The Morgan fingerprint density at radius 3 is 2.39 bits per heavy atom. The summed E-state index contributed by atoms with van der Waals surface area (Å²) in [5.41, 5.74) is 7.07. The number of hydrogen-bond donors (Lipinski definition) is 0. The van der Waals surface area contributed by atoms with E-state index in [0.717, 1.165) is 60.8 Å². The lowest BCUT2D eigenvalue weighted by Gasteiger charge is -2.58. The van der Waals surface area contributed by atoms with Crippen molar-refractivity contribution in [1.29, 1.82) is 0 Å². The number of carbonyl (C=O) groups excluding carboxylic acids is 1. The second kappa shape index (κ2) is 22.4. The Balaban J connectivity index is 1.20. The molecule has 0 aromatic carbocycles. The number of nitrogens with zero attached hydrogens (tertiary/aromatic N) is 1. The molecule has 0 heterocycles. The van der Waals surface area contributed by atoms with Crippen LogP contribution in [0, 0.1) is 51.8 Å². The highest BCUT2D eigenvalue weighted by Crippen LogP contribution is 2.67. The zero-order valence-corrected chi connectivity index (χ0v) is 43.5. The normalized spacial score (nSPS) is 32.0. The van der Waals surface area contributed by atoms with Crippen molar-refractivity contribution in [3.8, 4) is 0 Å². The van der Waals surface area contributed by atoms with Gasteiger partial charge in [-0.15, -0.1) is 0 Å². The number of allylic oxidation sites excluding steroid dienone is 10. The van der Waals surface area contributed by atoms with Gasteiger partial charge in [-0.1, -0.05) is 121 Å². The van der Waals surface area contributed by atoms with E-state index in [-0.39, 0.29) is 36.8 Å². The van der Waals surface area contributed by atoms with E-state index in [1.807, 2.05) is 46.3 Å². The molecule has 0 bridgehead atoms. The van der Waals surface area contributed by atoms with Crippen molar-refractivity contribution < 1.29 is 37.3 Å². The molecule has 3 saturated carbocycles. The highest BCUT2D eigenvalue weighted by molar-refractivity contribution is 7.45. The molecule has 0 aromatic rings. The molecule has 2 unspecified atom stereocenters. The Morgan fingerprint density at radius 2 is 1.69 bits per heavy atom. The van der Waals surface area contributed by atoms with E-state index in [1.165, 1.54) is 87.0 Å². The van der Waals surface area contributed by atoms with Crippen LogP contribution in [-0.4, -0.2) is 70.2 Å². The molecule has 0 saturated heterocycles. The summed E-state index contributed by atoms with van der Waals surface area (Å²) in [6.07, 6.45) is 30.4. The minimum atomic E-state index is -4.64. The van der Waals surface area contributed by atoms with Gasteiger partial charge in [-0.2, -0.15) is 0 Å². The fraction of sp³-hybridized carbons (Fsp3) is 0.764. The van der Waals surface area contributed by atoms with Crippen LogP contribution >= 0.6 is 7.82 Å². The maximum absolute atomic E-state index is 13.3. The fourth-order valence-corrected chi connectivity index (χ4v) is 13.6. The van der Waals surface area contributed by atoms with Crippen LogP contribution in [0.2, 0.25) is 0 Å². The molecule has 9 heteroatoms. The molecule has 0 spiro atoms. The predicted molar refractivity (Wildman–Crippen MR) is 261 cm³/mol. The first-order valence-corrected chi connectivity index (χ1v) is 26.7. The number of ether oxygens (including phenoxy) is 2. The number of carbonyl (C=O) groups is 1. The molecule has 5 aliphatic rings.